The van der Waals surface area contributed by atoms with Gasteiger partial charge in [0.1, 0.15) is 5.75 Å². The number of carbonyl (C=O) groups excluding carboxylic acids is 2. The molecule has 2 atom stereocenters. The number of hydrogen-bond acceptors (Lipinski definition) is 3. The number of hydrogen-bond donors (Lipinski definition) is 1. The quantitative estimate of drug-likeness (QED) is 0.423. The van der Waals surface area contributed by atoms with Crippen molar-refractivity contribution in [3.63, 3.8) is 0 Å². The average molecular weight is 473 g/mol. The molecule has 0 heterocycles. The van der Waals surface area contributed by atoms with E-state index in [9.17, 15) is 9.59 Å². The Bertz CT molecular complexity index is 1050. The maximum Gasteiger partial charge on any atom is 0.419 e. The van der Waals surface area contributed by atoms with Crippen LogP contribution in [0.2, 0.25) is 0 Å². The SMILES string of the molecule is CC.CN(C(=O)Oc1ccc(C2CCCCC2C(=O)NCc2ccccc2)cc1)c1ccccc1. The van der Waals surface area contributed by atoms with Crippen molar-refractivity contribution in [3.05, 3.63) is 96.1 Å². The van der Waals surface area contributed by atoms with Crippen LogP contribution in [0.5, 0.6) is 5.75 Å². The van der Waals surface area contributed by atoms with Crippen molar-refractivity contribution in [2.75, 3.05) is 11.9 Å². The Morgan fingerprint density at radius 1 is 0.857 bits per heavy atom. The minimum absolute atomic E-state index is 0.0416. The fraction of sp³-hybridized carbons (Fsp3) is 0.333. The molecule has 1 aliphatic carbocycles. The molecule has 0 spiro atoms. The van der Waals surface area contributed by atoms with Crippen molar-refractivity contribution >= 4 is 17.7 Å². The number of nitrogens with one attached hydrogen (secondary N) is 1. The number of amides is 2. The molecule has 1 aliphatic rings. The van der Waals surface area contributed by atoms with E-state index >= 15 is 0 Å². The summed E-state index contributed by atoms with van der Waals surface area (Å²) in [5, 5.41) is 3.12. The van der Waals surface area contributed by atoms with E-state index in [1.165, 1.54) is 4.90 Å². The molecule has 5 nitrogen and oxygen atoms in total. The molecule has 1 fully saturated rings. The topological polar surface area (TPSA) is 58.6 Å². The fourth-order valence-corrected chi connectivity index (χ4v) is 4.47. The molecule has 4 rings (SSSR count). The van der Waals surface area contributed by atoms with Crippen LogP contribution in [0.1, 0.15) is 56.6 Å². The predicted octanol–water partition coefficient (Wildman–Crippen LogP) is 6.94. The van der Waals surface area contributed by atoms with Gasteiger partial charge in [-0.3, -0.25) is 9.69 Å². The van der Waals surface area contributed by atoms with Gasteiger partial charge in [-0.15, -0.1) is 0 Å². The second kappa shape index (κ2) is 13.3. The first kappa shape index (κ1) is 26.0. The Morgan fingerprint density at radius 2 is 1.46 bits per heavy atom. The van der Waals surface area contributed by atoms with Gasteiger partial charge in [0.05, 0.1) is 0 Å². The first-order valence-electron chi connectivity index (χ1n) is 12.5. The lowest BCUT2D eigenvalue weighted by molar-refractivity contribution is -0.126. The van der Waals surface area contributed by atoms with Gasteiger partial charge in [-0.1, -0.05) is 87.4 Å². The molecule has 0 saturated heterocycles. The molecular weight excluding hydrogens is 436 g/mol. The van der Waals surface area contributed by atoms with Crippen molar-refractivity contribution in [1.29, 1.82) is 0 Å². The zero-order valence-electron chi connectivity index (χ0n) is 20.9. The fourth-order valence-electron chi connectivity index (χ4n) is 4.47. The monoisotopic (exact) mass is 472 g/mol. The van der Waals surface area contributed by atoms with Gasteiger partial charge in [0, 0.05) is 25.2 Å². The first-order chi connectivity index (χ1) is 17.1. The van der Waals surface area contributed by atoms with Gasteiger partial charge in [-0.2, -0.15) is 0 Å². The highest BCUT2D eigenvalue weighted by atomic mass is 16.6. The summed E-state index contributed by atoms with van der Waals surface area (Å²) in [5.41, 5.74) is 2.99. The van der Waals surface area contributed by atoms with Crippen molar-refractivity contribution in [2.45, 2.75) is 52.0 Å². The van der Waals surface area contributed by atoms with E-state index < -0.39 is 6.09 Å². The summed E-state index contributed by atoms with van der Waals surface area (Å²) in [6.45, 7) is 4.55. The number of carbonyl (C=O) groups is 2. The summed E-state index contributed by atoms with van der Waals surface area (Å²) in [5.74, 6) is 0.738. The molecular formula is C30H36N2O3. The maximum atomic E-state index is 13.0. The van der Waals surface area contributed by atoms with Gasteiger partial charge in [0.2, 0.25) is 5.91 Å². The molecule has 3 aromatic rings. The average Bonchev–Trinajstić information content (AvgIpc) is 2.94. The second-order valence-corrected chi connectivity index (χ2v) is 8.53. The van der Waals surface area contributed by atoms with E-state index in [1.54, 1.807) is 7.05 Å². The minimum Gasteiger partial charge on any atom is -0.410 e. The molecule has 1 saturated carbocycles. The van der Waals surface area contributed by atoms with E-state index in [4.69, 9.17) is 4.74 Å². The smallest absolute Gasteiger partial charge is 0.410 e. The van der Waals surface area contributed by atoms with Crippen LogP contribution < -0.4 is 15.0 Å². The normalized spacial score (nSPS) is 16.9. The Morgan fingerprint density at radius 3 is 2.11 bits per heavy atom. The molecule has 2 unspecified atom stereocenters. The summed E-state index contributed by atoms with van der Waals surface area (Å²) in [6.07, 6.45) is 3.63. The highest BCUT2D eigenvalue weighted by Gasteiger charge is 2.32. The Labute approximate surface area is 209 Å². The lowest BCUT2D eigenvalue weighted by Crippen LogP contribution is -2.35. The minimum atomic E-state index is -0.440. The van der Waals surface area contributed by atoms with Crippen LogP contribution in [0, 0.1) is 5.92 Å². The largest absolute Gasteiger partial charge is 0.419 e. The van der Waals surface area contributed by atoms with Crippen LogP contribution >= 0.6 is 0 Å². The van der Waals surface area contributed by atoms with Crippen molar-refractivity contribution in [1.82, 2.24) is 5.32 Å². The molecule has 35 heavy (non-hydrogen) atoms. The summed E-state index contributed by atoms with van der Waals surface area (Å²) in [7, 11) is 1.69. The van der Waals surface area contributed by atoms with E-state index in [-0.39, 0.29) is 17.7 Å². The van der Waals surface area contributed by atoms with Crippen LogP contribution in [0.4, 0.5) is 10.5 Å². The molecule has 0 bridgehead atoms. The highest BCUT2D eigenvalue weighted by Crippen LogP contribution is 2.38. The van der Waals surface area contributed by atoms with E-state index in [2.05, 4.69) is 5.32 Å². The van der Waals surface area contributed by atoms with Gasteiger partial charge in [-0.25, -0.2) is 4.79 Å². The van der Waals surface area contributed by atoms with Gasteiger partial charge >= 0.3 is 6.09 Å². The molecule has 1 N–H and O–H groups in total. The lowest BCUT2D eigenvalue weighted by atomic mass is 9.75. The van der Waals surface area contributed by atoms with Crippen LogP contribution in [0.15, 0.2) is 84.9 Å². The zero-order valence-corrected chi connectivity index (χ0v) is 20.9. The molecule has 0 radical (unpaired) electrons. The number of nitrogens with zero attached hydrogens (tertiary/aromatic N) is 1. The van der Waals surface area contributed by atoms with Gasteiger partial charge in [-0.05, 0) is 54.2 Å². The maximum absolute atomic E-state index is 13.0. The van der Waals surface area contributed by atoms with Gasteiger partial charge in [0.15, 0.2) is 0 Å². The molecule has 5 heteroatoms. The summed E-state index contributed by atoms with van der Waals surface area (Å²) >= 11 is 0. The van der Waals surface area contributed by atoms with E-state index in [0.717, 1.165) is 42.5 Å². The zero-order chi connectivity index (χ0) is 25.0. The van der Waals surface area contributed by atoms with Crippen LogP contribution in [0.25, 0.3) is 0 Å². The molecule has 0 aliphatic heterocycles. The van der Waals surface area contributed by atoms with Crippen molar-refractivity contribution < 1.29 is 14.3 Å². The number of ether oxygens (including phenoxy) is 1. The van der Waals surface area contributed by atoms with Crippen molar-refractivity contribution in [3.8, 4) is 5.75 Å². The van der Waals surface area contributed by atoms with Crippen LogP contribution in [0.3, 0.4) is 0 Å². The molecule has 184 valence electrons. The molecule has 2 amide bonds. The Hall–Kier alpha value is -3.60. The van der Waals surface area contributed by atoms with Gasteiger partial charge in [0.25, 0.3) is 0 Å². The first-order valence-corrected chi connectivity index (χ1v) is 12.5. The van der Waals surface area contributed by atoms with Crippen molar-refractivity contribution in [2.24, 2.45) is 5.92 Å². The third-order valence-corrected chi connectivity index (χ3v) is 6.34. The Kier molecular flexibility index (Phi) is 9.91. The molecule has 0 aromatic heterocycles. The standard InChI is InChI=1S/C28H30N2O3.C2H6/c1-30(23-12-6-3-7-13-23)28(32)33-24-18-16-22(17-19-24)25-14-8-9-15-26(25)27(31)29-20-21-10-4-2-5-11-21;1-2/h2-7,10-13,16-19,25-26H,8-9,14-15,20H2,1H3,(H,29,31);1-2H3. The van der Waals surface area contributed by atoms with Crippen LogP contribution in [-0.4, -0.2) is 19.0 Å². The molecule has 3 aromatic carbocycles. The van der Waals surface area contributed by atoms with Gasteiger partial charge < -0.3 is 10.1 Å². The third-order valence-electron chi connectivity index (χ3n) is 6.34. The number of anilines is 1. The summed E-state index contributed by atoms with van der Waals surface area (Å²) in [4.78, 5) is 26.9. The second-order valence-electron chi connectivity index (χ2n) is 8.53. The number of para-hydroxylation sites is 1. The number of benzene rings is 3. The summed E-state index contributed by atoms with van der Waals surface area (Å²) in [6, 6.07) is 27.0. The van der Waals surface area contributed by atoms with E-state index in [0.29, 0.717) is 12.3 Å². The lowest BCUT2D eigenvalue weighted by Gasteiger charge is -2.31. The predicted molar refractivity (Wildman–Crippen MR) is 142 cm³/mol. The third kappa shape index (κ3) is 7.19. The van der Waals surface area contributed by atoms with Crippen LogP contribution in [-0.2, 0) is 11.3 Å². The number of rotatable bonds is 6. The van der Waals surface area contributed by atoms with E-state index in [1.807, 2.05) is 98.8 Å². The summed E-state index contributed by atoms with van der Waals surface area (Å²) < 4.78 is 5.54. The Balaban J connectivity index is 0.00000167. The highest BCUT2D eigenvalue weighted by molar-refractivity contribution is 5.88.